The minimum atomic E-state index is -3.80. The van der Waals surface area contributed by atoms with Crippen LogP contribution in [-0.4, -0.2) is 21.7 Å². The van der Waals surface area contributed by atoms with Crippen molar-refractivity contribution in [3.05, 3.63) is 88.7 Å². The molecule has 0 radical (unpaired) electrons. The Morgan fingerprint density at radius 2 is 1.73 bits per heavy atom. The van der Waals surface area contributed by atoms with Gasteiger partial charge in [-0.1, -0.05) is 23.7 Å². The number of hydrazone groups is 1. The van der Waals surface area contributed by atoms with Crippen molar-refractivity contribution >= 4 is 27.8 Å². The number of nitrogens with one attached hydrogen (secondary N) is 1. The maximum absolute atomic E-state index is 13.0. The van der Waals surface area contributed by atoms with Gasteiger partial charge in [-0.15, -0.1) is 0 Å². The summed E-state index contributed by atoms with van der Waals surface area (Å²) < 4.78 is 48.5. The molecule has 0 fully saturated rings. The van der Waals surface area contributed by atoms with Crippen molar-refractivity contribution < 1.29 is 22.3 Å². The van der Waals surface area contributed by atoms with Crippen molar-refractivity contribution in [1.82, 2.24) is 4.83 Å². The lowest BCUT2D eigenvalue weighted by Crippen LogP contribution is -2.18. The average Bonchev–Trinajstić information content (AvgIpc) is 2.74. The molecule has 0 atom stereocenters. The minimum Gasteiger partial charge on any atom is -0.493 e. The van der Waals surface area contributed by atoms with Gasteiger partial charge in [0.2, 0.25) is 0 Å². The van der Waals surface area contributed by atoms with E-state index in [1.807, 2.05) is 0 Å². The standard InChI is InChI=1S/C21H18ClFN2O4S/c1-28-21-12-16(4-11-20(21)29-14-15-2-7-18(23)8-3-15)13-24-25-30(26,27)19-9-5-17(22)6-10-19/h2-13,25H,14H2,1H3/b24-13-. The van der Waals surface area contributed by atoms with E-state index in [9.17, 15) is 12.8 Å². The summed E-state index contributed by atoms with van der Waals surface area (Å²) in [6.07, 6.45) is 1.35. The number of methoxy groups -OCH3 is 1. The highest BCUT2D eigenvalue weighted by atomic mass is 35.5. The third-order valence-corrected chi connectivity index (χ3v) is 5.50. The average molecular weight is 449 g/mol. The van der Waals surface area contributed by atoms with Crippen molar-refractivity contribution in [2.75, 3.05) is 7.11 Å². The summed E-state index contributed by atoms with van der Waals surface area (Å²) in [5.74, 6) is 0.619. The summed E-state index contributed by atoms with van der Waals surface area (Å²) in [5.41, 5.74) is 1.40. The molecule has 0 aliphatic rings. The number of hydrogen-bond donors (Lipinski definition) is 1. The van der Waals surface area contributed by atoms with Gasteiger partial charge in [-0.3, -0.25) is 0 Å². The van der Waals surface area contributed by atoms with Crippen LogP contribution >= 0.6 is 11.6 Å². The van der Waals surface area contributed by atoms with E-state index in [1.54, 1.807) is 30.3 Å². The molecule has 3 aromatic rings. The number of hydrogen-bond acceptors (Lipinski definition) is 5. The second-order valence-corrected chi connectivity index (χ2v) is 8.23. The Kier molecular flexibility index (Phi) is 6.91. The Morgan fingerprint density at radius 1 is 1.03 bits per heavy atom. The Hall–Kier alpha value is -3.10. The van der Waals surface area contributed by atoms with E-state index < -0.39 is 10.0 Å². The van der Waals surface area contributed by atoms with Gasteiger partial charge < -0.3 is 9.47 Å². The van der Waals surface area contributed by atoms with E-state index in [2.05, 4.69) is 9.93 Å². The van der Waals surface area contributed by atoms with Crippen LogP contribution in [0.2, 0.25) is 5.02 Å². The molecule has 0 aromatic heterocycles. The van der Waals surface area contributed by atoms with Crippen LogP contribution in [0.5, 0.6) is 11.5 Å². The topological polar surface area (TPSA) is 77.0 Å². The first-order valence-corrected chi connectivity index (χ1v) is 10.6. The molecular formula is C21H18ClFN2O4S. The lowest BCUT2D eigenvalue weighted by Gasteiger charge is -2.11. The number of sulfonamides is 1. The Bertz CT molecular complexity index is 1130. The molecule has 0 heterocycles. The van der Waals surface area contributed by atoms with Crippen LogP contribution in [0.3, 0.4) is 0 Å². The molecule has 3 aromatic carbocycles. The molecule has 3 rings (SSSR count). The van der Waals surface area contributed by atoms with Crippen LogP contribution in [0.15, 0.2) is 76.7 Å². The number of nitrogens with zero attached hydrogens (tertiary/aromatic N) is 1. The van der Waals surface area contributed by atoms with Gasteiger partial charge in [-0.05, 0) is 65.7 Å². The zero-order valence-corrected chi connectivity index (χ0v) is 17.5. The second-order valence-electron chi connectivity index (χ2n) is 6.13. The fourth-order valence-corrected chi connectivity index (χ4v) is 3.38. The van der Waals surface area contributed by atoms with E-state index >= 15 is 0 Å². The van der Waals surface area contributed by atoms with Crippen molar-refractivity contribution in [2.24, 2.45) is 5.10 Å². The van der Waals surface area contributed by atoms with Gasteiger partial charge >= 0.3 is 0 Å². The van der Waals surface area contributed by atoms with Crippen LogP contribution in [0, 0.1) is 5.82 Å². The summed E-state index contributed by atoms with van der Waals surface area (Å²) in [7, 11) is -2.31. The van der Waals surface area contributed by atoms with Crippen LogP contribution in [0.1, 0.15) is 11.1 Å². The fourth-order valence-electron chi connectivity index (χ4n) is 2.46. The molecule has 0 bridgehead atoms. The SMILES string of the molecule is COc1cc(/C=N\NS(=O)(=O)c2ccc(Cl)cc2)ccc1OCc1ccc(F)cc1. The second kappa shape index (κ2) is 9.60. The molecule has 9 heteroatoms. The number of ether oxygens (including phenoxy) is 2. The van der Waals surface area contributed by atoms with Gasteiger partial charge in [-0.25, -0.2) is 9.22 Å². The molecule has 6 nitrogen and oxygen atoms in total. The quantitative estimate of drug-likeness (QED) is 0.410. The number of benzene rings is 3. The molecule has 0 aliphatic heterocycles. The van der Waals surface area contributed by atoms with Crippen LogP contribution < -0.4 is 14.3 Å². The molecule has 0 saturated heterocycles. The highest BCUT2D eigenvalue weighted by Gasteiger charge is 2.12. The monoisotopic (exact) mass is 448 g/mol. The summed E-state index contributed by atoms with van der Waals surface area (Å²) in [5, 5.41) is 4.23. The van der Waals surface area contributed by atoms with E-state index in [-0.39, 0.29) is 17.3 Å². The molecule has 156 valence electrons. The van der Waals surface area contributed by atoms with Gasteiger partial charge in [0.15, 0.2) is 11.5 Å². The highest BCUT2D eigenvalue weighted by molar-refractivity contribution is 7.89. The molecule has 0 aliphatic carbocycles. The van der Waals surface area contributed by atoms with Gasteiger partial charge in [0.25, 0.3) is 10.0 Å². The van der Waals surface area contributed by atoms with Gasteiger partial charge in [0.1, 0.15) is 12.4 Å². The first-order chi connectivity index (χ1) is 14.4. The summed E-state index contributed by atoms with van der Waals surface area (Å²) >= 11 is 5.77. The van der Waals surface area contributed by atoms with Gasteiger partial charge in [0.05, 0.1) is 18.2 Å². The predicted molar refractivity (Wildman–Crippen MR) is 113 cm³/mol. The maximum atomic E-state index is 13.0. The zero-order valence-electron chi connectivity index (χ0n) is 15.9. The molecular weight excluding hydrogens is 431 g/mol. The lowest BCUT2D eigenvalue weighted by molar-refractivity contribution is 0.284. The Balaban J connectivity index is 1.66. The molecule has 0 saturated carbocycles. The third-order valence-electron chi connectivity index (χ3n) is 4.01. The summed E-state index contributed by atoms with van der Waals surface area (Å²) in [6.45, 7) is 0.241. The van der Waals surface area contributed by atoms with E-state index in [0.29, 0.717) is 22.1 Å². The lowest BCUT2D eigenvalue weighted by atomic mass is 10.2. The summed E-state index contributed by atoms with van der Waals surface area (Å²) in [6, 6.07) is 16.8. The fraction of sp³-hybridized carbons (Fsp3) is 0.0952. The molecule has 0 spiro atoms. The predicted octanol–water partition coefficient (Wildman–Crippen LogP) is 4.38. The maximum Gasteiger partial charge on any atom is 0.276 e. The first-order valence-electron chi connectivity index (χ1n) is 8.73. The van der Waals surface area contributed by atoms with Crippen LogP contribution in [0.4, 0.5) is 4.39 Å². The highest BCUT2D eigenvalue weighted by Crippen LogP contribution is 2.28. The van der Waals surface area contributed by atoms with Crippen LogP contribution in [-0.2, 0) is 16.6 Å². The van der Waals surface area contributed by atoms with E-state index in [1.165, 1.54) is 49.7 Å². The van der Waals surface area contributed by atoms with Crippen molar-refractivity contribution in [3.8, 4) is 11.5 Å². The van der Waals surface area contributed by atoms with Crippen molar-refractivity contribution in [2.45, 2.75) is 11.5 Å². The number of rotatable bonds is 8. The minimum absolute atomic E-state index is 0.0474. The largest absolute Gasteiger partial charge is 0.493 e. The van der Waals surface area contributed by atoms with Gasteiger partial charge in [-0.2, -0.15) is 13.5 Å². The van der Waals surface area contributed by atoms with Crippen molar-refractivity contribution in [1.29, 1.82) is 0 Å². The number of halogens is 2. The van der Waals surface area contributed by atoms with E-state index in [0.717, 1.165) is 5.56 Å². The Labute approximate surface area is 179 Å². The van der Waals surface area contributed by atoms with Crippen molar-refractivity contribution in [3.63, 3.8) is 0 Å². The normalized spacial score (nSPS) is 11.4. The molecule has 30 heavy (non-hydrogen) atoms. The molecule has 0 amide bonds. The zero-order chi connectivity index (χ0) is 21.6. The van der Waals surface area contributed by atoms with Gasteiger partial charge in [0, 0.05) is 5.02 Å². The molecule has 0 unspecified atom stereocenters. The third kappa shape index (κ3) is 5.71. The first kappa shape index (κ1) is 21.6. The smallest absolute Gasteiger partial charge is 0.276 e. The summed E-state index contributed by atoms with van der Waals surface area (Å²) in [4.78, 5) is 2.19. The van der Waals surface area contributed by atoms with Crippen LogP contribution in [0.25, 0.3) is 0 Å². The Morgan fingerprint density at radius 3 is 2.40 bits per heavy atom. The van der Waals surface area contributed by atoms with E-state index in [4.69, 9.17) is 21.1 Å². The molecule has 1 N–H and O–H groups in total.